The number of fused-ring (bicyclic) bond motifs is 5. The molecule has 11 atom stereocenters. The van der Waals surface area contributed by atoms with Crippen LogP contribution in [-0.2, 0) is 42.9 Å². The van der Waals surface area contributed by atoms with Crippen LogP contribution >= 0.6 is 0 Å². The average Bonchev–Trinajstić information content (AvgIpc) is 3.26. The molecule has 65 heavy (non-hydrogen) atoms. The van der Waals surface area contributed by atoms with Gasteiger partial charge >= 0.3 is 23.9 Å². The first-order valence-electron chi connectivity index (χ1n) is 21.1. The molecule has 3 aliphatic carbocycles. The third kappa shape index (κ3) is 7.97. The Morgan fingerprint density at radius 2 is 1.52 bits per heavy atom. The maximum Gasteiger partial charge on any atom is 0.338 e. The number of aliphatic hydroxyl groups excluding tert-OH is 2. The van der Waals surface area contributed by atoms with Crippen molar-refractivity contribution >= 4 is 35.6 Å². The van der Waals surface area contributed by atoms with Crippen molar-refractivity contribution in [2.45, 2.75) is 108 Å². The number of esters is 4. The molecule has 4 aliphatic rings. The Labute approximate surface area is 374 Å². The van der Waals surface area contributed by atoms with Crippen LogP contribution < -0.4 is 10.1 Å². The fourth-order valence-corrected chi connectivity index (χ4v) is 10.3. The lowest BCUT2D eigenvalue weighted by atomic mass is 9.44. The van der Waals surface area contributed by atoms with Gasteiger partial charge in [-0.1, -0.05) is 44.2 Å². The molecular formula is C48H52FNO15. The number of rotatable bonds is 11. The van der Waals surface area contributed by atoms with Gasteiger partial charge in [-0.2, -0.15) is 0 Å². The highest BCUT2D eigenvalue weighted by atomic mass is 19.1. The number of amides is 1. The lowest BCUT2D eigenvalue weighted by Crippen LogP contribution is -2.82. The number of Topliss-reactive ketones (excluding diaryl/α,β-unsaturated/α-hetero) is 1. The minimum atomic E-state index is -2.45. The fourth-order valence-electron chi connectivity index (χ4n) is 10.3. The highest BCUT2D eigenvalue weighted by molar-refractivity contribution is 5.96. The second-order valence-electron chi connectivity index (χ2n) is 17.9. The molecule has 0 radical (unpaired) electrons. The quantitative estimate of drug-likeness (QED) is 0.122. The van der Waals surface area contributed by atoms with Crippen molar-refractivity contribution in [1.29, 1.82) is 0 Å². The minimum absolute atomic E-state index is 0.0402. The molecule has 7 rings (SSSR count). The van der Waals surface area contributed by atoms with Crippen molar-refractivity contribution in [2.24, 2.45) is 16.7 Å². The third-order valence-electron chi connectivity index (χ3n) is 13.9. The van der Waals surface area contributed by atoms with E-state index >= 15 is 4.79 Å². The maximum atomic E-state index is 15.5. The first-order chi connectivity index (χ1) is 30.6. The molecule has 346 valence electrons. The summed E-state index contributed by atoms with van der Waals surface area (Å²) in [6.07, 6.45) is -11.0. The molecule has 1 saturated heterocycles. The number of hydrogen-bond donors (Lipinski definition) is 4. The van der Waals surface area contributed by atoms with E-state index in [-0.39, 0.29) is 40.9 Å². The highest BCUT2D eigenvalue weighted by Crippen LogP contribution is 2.64. The van der Waals surface area contributed by atoms with Gasteiger partial charge < -0.3 is 49.1 Å². The van der Waals surface area contributed by atoms with Crippen LogP contribution in [0, 0.1) is 22.6 Å². The molecule has 0 spiro atoms. The zero-order valence-electron chi connectivity index (χ0n) is 36.9. The number of halogens is 1. The zero-order valence-corrected chi connectivity index (χ0v) is 36.9. The van der Waals surface area contributed by atoms with Crippen LogP contribution in [0.5, 0.6) is 5.75 Å². The Bertz CT molecular complexity index is 2400. The number of carbonyl (C=O) groups is 6. The van der Waals surface area contributed by atoms with Crippen LogP contribution in [0.2, 0.25) is 0 Å². The topological polar surface area (TPSA) is 231 Å². The molecule has 3 aromatic carbocycles. The number of benzene rings is 3. The van der Waals surface area contributed by atoms with Gasteiger partial charge in [0.25, 0.3) is 5.91 Å². The van der Waals surface area contributed by atoms with Crippen molar-refractivity contribution in [3.05, 3.63) is 113 Å². The summed E-state index contributed by atoms with van der Waals surface area (Å²) >= 11 is 0. The van der Waals surface area contributed by atoms with Crippen molar-refractivity contribution in [1.82, 2.24) is 5.32 Å². The van der Waals surface area contributed by atoms with Gasteiger partial charge in [0.15, 0.2) is 23.6 Å². The fraction of sp³-hybridized carbons (Fsp3) is 0.458. The predicted octanol–water partition coefficient (Wildman–Crippen LogP) is 3.88. The normalized spacial score (nSPS) is 30.9. The molecule has 0 aromatic heterocycles. The van der Waals surface area contributed by atoms with Crippen molar-refractivity contribution in [3.63, 3.8) is 0 Å². The number of ketones is 1. The summed E-state index contributed by atoms with van der Waals surface area (Å²) in [4.78, 5) is 83.8. The number of hydrogen-bond acceptors (Lipinski definition) is 15. The van der Waals surface area contributed by atoms with Gasteiger partial charge in [0.05, 0.1) is 42.8 Å². The van der Waals surface area contributed by atoms with Crippen LogP contribution in [0.1, 0.15) is 86.7 Å². The van der Waals surface area contributed by atoms with Gasteiger partial charge in [-0.05, 0) is 79.1 Å². The van der Waals surface area contributed by atoms with Gasteiger partial charge in [0, 0.05) is 37.7 Å². The molecule has 1 amide bonds. The lowest BCUT2D eigenvalue weighted by molar-refractivity contribution is -0.346. The summed E-state index contributed by atoms with van der Waals surface area (Å²) in [5, 5.41) is 40.2. The van der Waals surface area contributed by atoms with Crippen molar-refractivity contribution < 1.29 is 76.9 Å². The van der Waals surface area contributed by atoms with E-state index in [1.54, 1.807) is 18.2 Å². The van der Waals surface area contributed by atoms with Gasteiger partial charge in [0.2, 0.25) is 0 Å². The molecule has 3 fully saturated rings. The molecular weight excluding hydrogens is 850 g/mol. The van der Waals surface area contributed by atoms with Crippen LogP contribution in [0.4, 0.5) is 4.39 Å². The van der Waals surface area contributed by atoms with Crippen LogP contribution in [0.3, 0.4) is 0 Å². The van der Waals surface area contributed by atoms with Crippen LogP contribution in [0.15, 0.2) is 90.0 Å². The Morgan fingerprint density at radius 3 is 2.09 bits per heavy atom. The van der Waals surface area contributed by atoms with E-state index in [0.717, 1.165) is 26.0 Å². The van der Waals surface area contributed by atoms with Crippen molar-refractivity contribution in [2.75, 3.05) is 13.7 Å². The summed E-state index contributed by atoms with van der Waals surface area (Å²) in [7, 11) is 1.45. The number of nitrogens with one attached hydrogen (secondary N) is 1. The molecule has 3 aromatic rings. The standard InChI is InChI=1S/C48H52FNO15/c1-24-32(63-44(58)37(54)36(27-13-17-30(49)18-14-27)50-42(56)28-15-19-31(60-7)20-16-28)22-48(59)41(64-43(57)29-11-9-8-10-12-29)39-46(6,33(53)21-34-47(39,23-61-34)65-26(3)52)40(55)38(62-25(2)51)35(24)45(48,4)5/h8-20,32-34,36-39,41,53-54,59H,21-23H2,1-7H3,(H,50,56)/t32-,33-,34+,36-,37+,38+,39-,41-,46+,47-,48+/m0/s1. The molecule has 1 aliphatic heterocycles. The monoisotopic (exact) mass is 901 g/mol. The Hall–Kier alpha value is -6.01. The third-order valence-corrected chi connectivity index (χ3v) is 13.9. The van der Waals surface area contributed by atoms with E-state index in [2.05, 4.69) is 5.32 Å². The first-order valence-corrected chi connectivity index (χ1v) is 21.1. The SMILES string of the molecule is COc1ccc(C(=O)N[C@@H](c2ccc(F)cc2)[C@@H](O)C(=O)O[C@H]2C[C@@]3(O)[C@@H](OC(=O)c4ccccc4)[C@@H]4[C@]5(OC(C)=O)CO[C@@H]5C[C@H](O)[C@@]4(C)C(=O)[C@H](OC(C)=O)C(=C2C)C3(C)C)cc1. The zero-order chi connectivity index (χ0) is 47.4. The van der Waals surface area contributed by atoms with E-state index in [9.17, 15) is 43.7 Å². The first kappa shape index (κ1) is 47.0. The van der Waals surface area contributed by atoms with E-state index in [1.165, 1.54) is 83.3 Å². The van der Waals surface area contributed by atoms with Gasteiger partial charge in [-0.3, -0.25) is 19.2 Å². The average molecular weight is 902 g/mol. The van der Waals surface area contributed by atoms with E-state index < -0.39 is 118 Å². The summed E-state index contributed by atoms with van der Waals surface area (Å²) < 4.78 is 49.5. The van der Waals surface area contributed by atoms with Crippen LogP contribution in [-0.4, -0.2) is 112 Å². The van der Waals surface area contributed by atoms with Gasteiger partial charge in [-0.15, -0.1) is 0 Å². The number of aliphatic hydroxyl groups is 3. The molecule has 2 saturated carbocycles. The highest BCUT2D eigenvalue weighted by Gasteiger charge is 2.78. The minimum Gasteiger partial charge on any atom is -0.497 e. The summed E-state index contributed by atoms with van der Waals surface area (Å²) in [6.45, 7) is 7.76. The molecule has 1 heterocycles. The smallest absolute Gasteiger partial charge is 0.338 e. The van der Waals surface area contributed by atoms with E-state index in [0.29, 0.717) is 5.75 Å². The summed E-state index contributed by atoms with van der Waals surface area (Å²) in [5.74, 6) is -7.44. The molecule has 2 bridgehead atoms. The molecule has 4 N–H and O–H groups in total. The summed E-state index contributed by atoms with van der Waals surface area (Å²) in [5.41, 5.74) is -7.73. The predicted molar refractivity (Wildman–Crippen MR) is 224 cm³/mol. The number of carbonyl (C=O) groups excluding carboxylic acids is 6. The number of methoxy groups -OCH3 is 1. The largest absolute Gasteiger partial charge is 0.497 e. The van der Waals surface area contributed by atoms with Crippen molar-refractivity contribution in [3.8, 4) is 5.75 Å². The lowest BCUT2D eigenvalue weighted by Gasteiger charge is -2.67. The van der Waals surface area contributed by atoms with Gasteiger partial charge in [-0.25, -0.2) is 14.0 Å². The Kier molecular flexibility index (Phi) is 12.6. The molecule has 16 nitrogen and oxygen atoms in total. The Balaban J connectivity index is 1.37. The second-order valence-corrected chi connectivity index (χ2v) is 17.9. The molecule has 17 heteroatoms. The van der Waals surface area contributed by atoms with Gasteiger partial charge in [0.1, 0.15) is 35.5 Å². The Morgan fingerprint density at radius 1 is 0.877 bits per heavy atom. The number of ether oxygens (including phenoxy) is 6. The molecule has 0 unspecified atom stereocenters. The summed E-state index contributed by atoms with van der Waals surface area (Å²) in [6, 6.07) is 16.8. The van der Waals surface area contributed by atoms with E-state index in [1.807, 2.05) is 0 Å². The maximum absolute atomic E-state index is 15.5. The van der Waals surface area contributed by atoms with E-state index in [4.69, 9.17) is 28.4 Å². The second kappa shape index (κ2) is 17.4. The van der Waals surface area contributed by atoms with Crippen LogP contribution in [0.25, 0.3) is 0 Å².